The van der Waals surface area contributed by atoms with Gasteiger partial charge in [-0.2, -0.15) is 0 Å². The Hall–Kier alpha value is -2.13. The molecule has 0 spiro atoms. The number of hydrogen-bond acceptors (Lipinski definition) is 2. The minimum atomic E-state index is -0.127. The van der Waals surface area contributed by atoms with Crippen LogP contribution in [0.2, 0.25) is 0 Å². The molecule has 0 aliphatic rings. The molecule has 0 aromatic heterocycles. The number of ether oxygens (including phenoxy) is 1. The highest BCUT2D eigenvalue weighted by atomic mass is 16.5. The Morgan fingerprint density at radius 3 is 2.17 bits per heavy atom. The smallest absolute Gasteiger partial charge is 0.234 e. The summed E-state index contributed by atoms with van der Waals surface area (Å²) in [5.74, 6) is 0.00702. The van der Waals surface area contributed by atoms with Gasteiger partial charge in [-0.15, -0.1) is 0 Å². The van der Waals surface area contributed by atoms with Crippen molar-refractivity contribution in [2.24, 2.45) is 0 Å². The molecule has 2 aromatic carbocycles. The van der Waals surface area contributed by atoms with E-state index in [4.69, 9.17) is 4.74 Å². The fraction of sp³-hybridized carbons (Fsp3) is 0.381. The molecule has 0 radical (unpaired) electrons. The van der Waals surface area contributed by atoms with E-state index in [0.717, 1.165) is 30.7 Å². The van der Waals surface area contributed by atoms with Crippen molar-refractivity contribution in [3.8, 4) is 0 Å². The lowest BCUT2D eigenvalue weighted by Gasteiger charge is -2.27. The van der Waals surface area contributed by atoms with Crippen LogP contribution in [0.1, 0.15) is 38.2 Å². The van der Waals surface area contributed by atoms with Gasteiger partial charge < -0.3 is 9.64 Å². The van der Waals surface area contributed by atoms with Crippen molar-refractivity contribution in [2.45, 2.75) is 32.6 Å². The van der Waals surface area contributed by atoms with Crippen LogP contribution < -0.4 is 4.90 Å². The number of amides is 1. The van der Waals surface area contributed by atoms with Crippen molar-refractivity contribution in [2.75, 3.05) is 24.7 Å². The SMILES string of the molecule is CCCOCCN(C(=O)C(CC)c1ccccc1)c1ccccc1. The van der Waals surface area contributed by atoms with Crippen molar-refractivity contribution in [3.63, 3.8) is 0 Å². The first kappa shape index (κ1) is 18.2. The first-order valence-electron chi connectivity index (χ1n) is 8.77. The molecule has 0 saturated heterocycles. The molecule has 0 saturated carbocycles. The average Bonchev–Trinajstić information content (AvgIpc) is 2.64. The molecule has 128 valence electrons. The largest absolute Gasteiger partial charge is 0.380 e. The molecule has 3 nitrogen and oxygen atoms in total. The number of hydrogen-bond donors (Lipinski definition) is 0. The van der Waals surface area contributed by atoms with Crippen LogP contribution in [0.25, 0.3) is 0 Å². The maximum absolute atomic E-state index is 13.2. The van der Waals surface area contributed by atoms with Crippen LogP contribution in [0.15, 0.2) is 60.7 Å². The molecule has 2 aromatic rings. The Balaban J connectivity index is 2.19. The maximum Gasteiger partial charge on any atom is 0.234 e. The highest BCUT2D eigenvalue weighted by molar-refractivity contribution is 5.98. The number of carbonyl (C=O) groups is 1. The number of nitrogens with zero attached hydrogens (tertiary/aromatic N) is 1. The number of para-hydroxylation sites is 1. The Morgan fingerprint density at radius 2 is 1.58 bits per heavy atom. The summed E-state index contributed by atoms with van der Waals surface area (Å²) in [5.41, 5.74) is 2.00. The normalized spacial score (nSPS) is 11.9. The minimum Gasteiger partial charge on any atom is -0.380 e. The van der Waals surface area contributed by atoms with Crippen molar-refractivity contribution >= 4 is 11.6 Å². The molecule has 3 heteroatoms. The summed E-state index contributed by atoms with van der Waals surface area (Å²) in [6.07, 6.45) is 1.77. The third kappa shape index (κ3) is 4.93. The van der Waals surface area contributed by atoms with Gasteiger partial charge in [-0.3, -0.25) is 4.79 Å². The lowest BCUT2D eigenvalue weighted by Crippen LogP contribution is -2.37. The highest BCUT2D eigenvalue weighted by Crippen LogP contribution is 2.25. The third-order valence-electron chi connectivity index (χ3n) is 4.05. The fourth-order valence-electron chi connectivity index (χ4n) is 2.80. The van der Waals surface area contributed by atoms with Gasteiger partial charge in [-0.05, 0) is 30.5 Å². The molecule has 1 amide bonds. The molecular formula is C21H27NO2. The van der Waals surface area contributed by atoms with E-state index < -0.39 is 0 Å². The van der Waals surface area contributed by atoms with Gasteiger partial charge in [-0.1, -0.05) is 62.4 Å². The van der Waals surface area contributed by atoms with E-state index in [1.54, 1.807) is 0 Å². The zero-order valence-electron chi connectivity index (χ0n) is 14.7. The number of carbonyl (C=O) groups excluding carboxylic acids is 1. The second-order valence-electron chi connectivity index (χ2n) is 5.81. The molecule has 2 rings (SSSR count). The zero-order valence-corrected chi connectivity index (χ0v) is 14.7. The van der Waals surface area contributed by atoms with Gasteiger partial charge in [-0.25, -0.2) is 0 Å². The summed E-state index contributed by atoms with van der Waals surface area (Å²) in [6.45, 7) is 6.01. The summed E-state index contributed by atoms with van der Waals surface area (Å²) >= 11 is 0. The third-order valence-corrected chi connectivity index (χ3v) is 4.05. The summed E-state index contributed by atoms with van der Waals surface area (Å²) in [7, 11) is 0. The van der Waals surface area contributed by atoms with E-state index in [1.807, 2.05) is 65.6 Å². The van der Waals surface area contributed by atoms with Gasteiger partial charge in [0.2, 0.25) is 5.91 Å². The van der Waals surface area contributed by atoms with Crippen LogP contribution in [-0.4, -0.2) is 25.7 Å². The standard InChI is InChI=1S/C21H27NO2/c1-3-16-24-17-15-22(19-13-9-6-10-14-19)21(23)20(4-2)18-11-7-5-8-12-18/h5-14,20H,3-4,15-17H2,1-2H3. The van der Waals surface area contributed by atoms with Gasteiger partial charge >= 0.3 is 0 Å². The predicted octanol–water partition coefficient (Wildman–Crippen LogP) is 4.64. The summed E-state index contributed by atoms with van der Waals surface area (Å²) < 4.78 is 5.61. The lowest BCUT2D eigenvalue weighted by molar-refractivity contribution is -0.120. The Morgan fingerprint density at radius 1 is 0.958 bits per heavy atom. The first-order chi connectivity index (χ1) is 11.8. The van der Waals surface area contributed by atoms with Gasteiger partial charge in [0.1, 0.15) is 0 Å². The molecule has 0 heterocycles. The van der Waals surface area contributed by atoms with E-state index in [1.165, 1.54) is 0 Å². The molecule has 1 atom stereocenters. The maximum atomic E-state index is 13.2. The Kier molecular flexibility index (Phi) is 7.50. The zero-order chi connectivity index (χ0) is 17.2. The average molecular weight is 325 g/mol. The van der Waals surface area contributed by atoms with E-state index in [-0.39, 0.29) is 11.8 Å². The van der Waals surface area contributed by atoms with Gasteiger partial charge in [0.05, 0.1) is 12.5 Å². The van der Waals surface area contributed by atoms with Crippen LogP contribution in [0.4, 0.5) is 5.69 Å². The molecule has 0 aliphatic heterocycles. The van der Waals surface area contributed by atoms with Crippen molar-refractivity contribution in [3.05, 3.63) is 66.2 Å². The first-order valence-corrected chi connectivity index (χ1v) is 8.77. The molecule has 0 bridgehead atoms. The molecule has 0 N–H and O–H groups in total. The van der Waals surface area contributed by atoms with E-state index in [2.05, 4.69) is 13.8 Å². The summed E-state index contributed by atoms with van der Waals surface area (Å²) in [6, 6.07) is 19.9. The van der Waals surface area contributed by atoms with Crippen LogP contribution in [0.3, 0.4) is 0 Å². The number of benzene rings is 2. The molecular weight excluding hydrogens is 298 g/mol. The number of rotatable bonds is 9. The minimum absolute atomic E-state index is 0.127. The quantitative estimate of drug-likeness (QED) is 0.629. The Bertz CT molecular complexity index is 598. The van der Waals surface area contributed by atoms with Gasteiger partial charge in [0, 0.05) is 18.8 Å². The molecule has 24 heavy (non-hydrogen) atoms. The van der Waals surface area contributed by atoms with E-state index in [0.29, 0.717) is 13.2 Å². The summed E-state index contributed by atoms with van der Waals surface area (Å²) in [5, 5.41) is 0. The van der Waals surface area contributed by atoms with Crippen LogP contribution in [0.5, 0.6) is 0 Å². The fourth-order valence-corrected chi connectivity index (χ4v) is 2.80. The van der Waals surface area contributed by atoms with Gasteiger partial charge in [0.25, 0.3) is 0 Å². The number of anilines is 1. The molecule has 0 fully saturated rings. The predicted molar refractivity (Wildman–Crippen MR) is 99.4 cm³/mol. The van der Waals surface area contributed by atoms with Crippen molar-refractivity contribution in [1.29, 1.82) is 0 Å². The Labute approximate surface area is 145 Å². The summed E-state index contributed by atoms with van der Waals surface area (Å²) in [4.78, 5) is 15.1. The lowest BCUT2D eigenvalue weighted by atomic mass is 9.94. The van der Waals surface area contributed by atoms with E-state index >= 15 is 0 Å². The van der Waals surface area contributed by atoms with Crippen LogP contribution >= 0.6 is 0 Å². The van der Waals surface area contributed by atoms with Crippen molar-refractivity contribution < 1.29 is 9.53 Å². The second kappa shape index (κ2) is 9.89. The monoisotopic (exact) mass is 325 g/mol. The highest BCUT2D eigenvalue weighted by Gasteiger charge is 2.25. The molecule has 1 unspecified atom stereocenters. The van der Waals surface area contributed by atoms with Gasteiger partial charge in [0.15, 0.2) is 0 Å². The topological polar surface area (TPSA) is 29.5 Å². The van der Waals surface area contributed by atoms with Crippen molar-refractivity contribution in [1.82, 2.24) is 0 Å². The second-order valence-corrected chi connectivity index (χ2v) is 5.81. The van der Waals surface area contributed by atoms with E-state index in [9.17, 15) is 4.79 Å². The molecule has 0 aliphatic carbocycles. The van der Waals surface area contributed by atoms with Crippen LogP contribution in [0, 0.1) is 0 Å². The van der Waals surface area contributed by atoms with Crippen LogP contribution in [-0.2, 0) is 9.53 Å².